The number of carbonyl (C=O) groups excluding carboxylic acids is 1. The summed E-state index contributed by atoms with van der Waals surface area (Å²) < 4.78 is 16.5. The minimum atomic E-state index is -0.890. The lowest BCUT2D eigenvalue weighted by Gasteiger charge is -2.27. The van der Waals surface area contributed by atoms with Crippen molar-refractivity contribution in [3.8, 4) is 23.0 Å². The Morgan fingerprint density at radius 3 is 2.17 bits per heavy atom. The summed E-state index contributed by atoms with van der Waals surface area (Å²) in [7, 11) is 3.09. The number of fused-ring (bicyclic) bond motifs is 2. The van der Waals surface area contributed by atoms with E-state index >= 15 is 0 Å². The molecule has 0 spiro atoms. The van der Waals surface area contributed by atoms with Crippen LogP contribution in [0, 0.1) is 0 Å². The molecule has 3 aromatic carbocycles. The molecule has 1 heterocycles. The molecule has 3 aromatic rings. The predicted octanol–water partition coefficient (Wildman–Crippen LogP) is 3.79. The number of carbonyl (C=O) groups is 1. The summed E-state index contributed by atoms with van der Waals surface area (Å²) >= 11 is 0. The number of ether oxygens (including phenoxy) is 3. The fourth-order valence-electron chi connectivity index (χ4n) is 3.67. The predicted molar refractivity (Wildman–Crippen MR) is 112 cm³/mol. The van der Waals surface area contributed by atoms with Gasteiger partial charge in [-0.15, -0.1) is 0 Å². The largest absolute Gasteiger partial charge is 0.493 e. The Hall–Kier alpha value is -3.51. The van der Waals surface area contributed by atoms with Crippen LogP contribution in [0.2, 0.25) is 0 Å². The molecule has 4 rings (SSSR count). The van der Waals surface area contributed by atoms with Gasteiger partial charge in [0, 0.05) is 17.7 Å². The number of aliphatic hydroxyl groups excluding tert-OH is 1. The van der Waals surface area contributed by atoms with Gasteiger partial charge in [0.25, 0.3) is 0 Å². The first-order valence-electron chi connectivity index (χ1n) is 9.65. The molecule has 0 aliphatic carbocycles. The van der Waals surface area contributed by atoms with Crippen molar-refractivity contribution in [1.82, 2.24) is 5.32 Å². The first-order valence-corrected chi connectivity index (χ1v) is 9.65. The second-order valence-electron chi connectivity index (χ2n) is 6.99. The Balaban J connectivity index is 1.54. The van der Waals surface area contributed by atoms with Crippen LogP contribution in [0.3, 0.4) is 0 Å². The van der Waals surface area contributed by atoms with E-state index < -0.39 is 12.0 Å². The van der Waals surface area contributed by atoms with Crippen molar-refractivity contribution >= 4 is 5.91 Å². The van der Waals surface area contributed by atoms with Gasteiger partial charge in [0.2, 0.25) is 5.91 Å². The highest BCUT2D eigenvalue weighted by molar-refractivity contribution is 5.89. The summed E-state index contributed by atoms with van der Waals surface area (Å²) in [5.74, 6) is 1.72. The van der Waals surface area contributed by atoms with Gasteiger partial charge < -0.3 is 24.6 Å². The molecule has 0 aromatic heterocycles. The molecule has 0 fully saturated rings. The van der Waals surface area contributed by atoms with Gasteiger partial charge in [0.15, 0.2) is 11.5 Å². The molecule has 0 radical (unpaired) electrons. The molecule has 2 N–H and O–H groups in total. The van der Waals surface area contributed by atoms with Gasteiger partial charge in [-0.05, 0) is 29.8 Å². The fraction of sp³-hybridized carbons (Fsp3) is 0.208. The molecule has 0 saturated carbocycles. The van der Waals surface area contributed by atoms with Crippen molar-refractivity contribution in [3.05, 3.63) is 83.4 Å². The number of benzene rings is 3. The molecular formula is C24H23NO5. The van der Waals surface area contributed by atoms with Gasteiger partial charge in [0.1, 0.15) is 11.5 Å². The van der Waals surface area contributed by atoms with Crippen LogP contribution in [0.1, 0.15) is 28.7 Å². The quantitative estimate of drug-likeness (QED) is 0.653. The molecule has 1 atom stereocenters. The number of amides is 1. The summed E-state index contributed by atoms with van der Waals surface area (Å²) in [4.78, 5) is 13.2. The molecule has 0 bridgehead atoms. The van der Waals surface area contributed by atoms with Gasteiger partial charge in [-0.1, -0.05) is 42.5 Å². The molecule has 0 saturated heterocycles. The summed E-state index contributed by atoms with van der Waals surface area (Å²) in [5.41, 5.74) is 2.23. The third kappa shape index (κ3) is 3.69. The lowest BCUT2D eigenvalue weighted by molar-refractivity contribution is -0.122. The number of rotatable bonds is 6. The van der Waals surface area contributed by atoms with Crippen LogP contribution < -0.4 is 19.5 Å². The maximum absolute atomic E-state index is 13.2. The number of aliphatic hydroxyl groups is 1. The zero-order valence-electron chi connectivity index (χ0n) is 16.8. The number of hydrogen-bond donors (Lipinski definition) is 2. The molecule has 1 amide bonds. The van der Waals surface area contributed by atoms with E-state index in [0.29, 0.717) is 28.6 Å². The Kier molecular flexibility index (Phi) is 5.59. The minimum absolute atomic E-state index is 0.0655. The second-order valence-corrected chi connectivity index (χ2v) is 6.99. The fourth-order valence-corrected chi connectivity index (χ4v) is 3.67. The zero-order chi connectivity index (χ0) is 21.1. The van der Waals surface area contributed by atoms with Gasteiger partial charge in [-0.3, -0.25) is 4.79 Å². The monoisotopic (exact) mass is 405 g/mol. The van der Waals surface area contributed by atoms with E-state index in [0.717, 1.165) is 11.1 Å². The Morgan fingerprint density at radius 1 is 0.967 bits per heavy atom. The third-order valence-electron chi connectivity index (χ3n) is 5.20. The first-order chi connectivity index (χ1) is 14.6. The van der Waals surface area contributed by atoms with Crippen LogP contribution in [0.4, 0.5) is 0 Å². The lowest BCUT2D eigenvalue weighted by atomic mass is 9.87. The molecule has 1 aliphatic heterocycles. The molecule has 30 heavy (non-hydrogen) atoms. The highest BCUT2D eigenvalue weighted by Crippen LogP contribution is 2.43. The molecular weight excluding hydrogens is 382 g/mol. The molecule has 6 nitrogen and oxygen atoms in total. The van der Waals surface area contributed by atoms with Crippen molar-refractivity contribution in [2.75, 3.05) is 20.8 Å². The molecule has 6 heteroatoms. The van der Waals surface area contributed by atoms with E-state index in [-0.39, 0.29) is 12.5 Å². The smallest absolute Gasteiger partial charge is 0.232 e. The van der Waals surface area contributed by atoms with Crippen LogP contribution in [-0.2, 0) is 4.79 Å². The van der Waals surface area contributed by atoms with Crippen LogP contribution in [0.25, 0.3) is 0 Å². The SMILES string of the molecule is COc1ccc(C(O)CNC(=O)C2c3ccccc3Oc3ccccc32)cc1OC. The molecule has 1 aliphatic rings. The third-order valence-corrected chi connectivity index (χ3v) is 5.20. The van der Waals surface area contributed by atoms with Gasteiger partial charge >= 0.3 is 0 Å². The van der Waals surface area contributed by atoms with Crippen LogP contribution in [0.15, 0.2) is 66.7 Å². The summed E-state index contributed by atoms with van der Waals surface area (Å²) in [6.45, 7) is 0.0655. The van der Waals surface area contributed by atoms with Crippen LogP contribution in [0.5, 0.6) is 23.0 Å². The minimum Gasteiger partial charge on any atom is -0.493 e. The van der Waals surface area contributed by atoms with E-state index in [4.69, 9.17) is 14.2 Å². The van der Waals surface area contributed by atoms with Crippen molar-refractivity contribution in [3.63, 3.8) is 0 Å². The normalized spacial score (nSPS) is 13.4. The second kappa shape index (κ2) is 8.47. The van der Waals surface area contributed by atoms with Crippen LogP contribution >= 0.6 is 0 Å². The van der Waals surface area contributed by atoms with Crippen LogP contribution in [-0.4, -0.2) is 31.8 Å². The zero-order valence-corrected chi connectivity index (χ0v) is 16.8. The van der Waals surface area contributed by atoms with Crippen molar-refractivity contribution in [2.45, 2.75) is 12.0 Å². The summed E-state index contributed by atoms with van der Waals surface area (Å²) in [5, 5.41) is 13.5. The number of hydrogen-bond acceptors (Lipinski definition) is 5. The Labute approximate surface area is 175 Å². The van der Waals surface area contributed by atoms with E-state index in [1.807, 2.05) is 48.5 Å². The topological polar surface area (TPSA) is 77.0 Å². The number of nitrogens with one attached hydrogen (secondary N) is 1. The Bertz CT molecular complexity index is 1020. The first kappa shape index (κ1) is 19.8. The lowest BCUT2D eigenvalue weighted by Crippen LogP contribution is -2.34. The van der Waals surface area contributed by atoms with Gasteiger partial charge in [0.05, 0.1) is 26.2 Å². The number of para-hydroxylation sites is 2. The highest BCUT2D eigenvalue weighted by atomic mass is 16.5. The summed E-state index contributed by atoms with van der Waals surface area (Å²) in [6, 6.07) is 20.2. The standard InChI is InChI=1S/C24H23NO5/c1-28-21-12-11-15(13-22(21)29-2)18(26)14-25-24(27)23-16-7-3-5-9-19(16)30-20-10-6-4-8-17(20)23/h3-13,18,23,26H,14H2,1-2H3,(H,25,27). The van der Waals surface area contributed by atoms with E-state index in [2.05, 4.69) is 5.32 Å². The van der Waals surface area contributed by atoms with Crippen molar-refractivity contribution in [2.24, 2.45) is 0 Å². The highest BCUT2D eigenvalue weighted by Gasteiger charge is 2.32. The number of methoxy groups -OCH3 is 2. The van der Waals surface area contributed by atoms with Crippen molar-refractivity contribution in [1.29, 1.82) is 0 Å². The average molecular weight is 405 g/mol. The van der Waals surface area contributed by atoms with E-state index in [1.54, 1.807) is 25.3 Å². The van der Waals surface area contributed by atoms with Gasteiger partial charge in [-0.2, -0.15) is 0 Å². The maximum atomic E-state index is 13.2. The average Bonchev–Trinajstić information content (AvgIpc) is 2.80. The van der Waals surface area contributed by atoms with Crippen molar-refractivity contribution < 1.29 is 24.1 Å². The molecule has 154 valence electrons. The van der Waals surface area contributed by atoms with Gasteiger partial charge in [-0.25, -0.2) is 0 Å². The van der Waals surface area contributed by atoms with E-state index in [1.165, 1.54) is 7.11 Å². The summed E-state index contributed by atoms with van der Waals surface area (Å²) in [6.07, 6.45) is -0.890. The molecule has 1 unspecified atom stereocenters. The Morgan fingerprint density at radius 2 is 1.57 bits per heavy atom. The maximum Gasteiger partial charge on any atom is 0.232 e. The van der Waals surface area contributed by atoms with E-state index in [9.17, 15) is 9.90 Å².